The molecule has 0 aliphatic heterocycles. The van der Waals surface area contributed by atoms with Crippen molar-refractivity contribution in [3.63, 3.8) is 0 Å². The van der Waals surface area contributed by atoms with E-state index in [9.17, 15) is 8.42 Å². The summed E-state index contributed by atoms with van der Waals surface area (Å²) in [5.74, 6) is 0.130. The van der Waals surface area contributed by atoms with Crippen molar-refractivity contribution in [3.05, 3.63) is 52.0 Å². The molecule has 0 aliphatic carbocycles. The normalized spacial score (nSPS) is 11.5. The van der Waals surface area contributed by atoms with E-state index in [-0.39, 0.29) is 26.8 Å². The van der Waals surface area contributed by atoms with Crippen LogP contribution in [0.25, 0.3) is 5.95 Å². The van der Waals surface area contributed by atoms with Crippen molar-refractivity contribution in [2.45, 2.75) is 18.7 Å². The average molecular weight is 399 g/mol. The molecule has 2 aromatic heterocycles. The van der Waals surface area contributed by atoms with Gasteiger partial charge in [0.05, 0.1) is 10.0 Å². The summed E-state index contributed by atoms with van der Waals surface area (Å²) >= 11 is 11.9. The maximum atomic E-state index is 12.5. The summed E-state index contributed by atoms with van der Waals surface area (Å²) in [6.45, 7) is 3.64. The Bertz CT molecular complexity index is 1010. The topological polar surface area (TPSA) is 103 Å². The fourth-order valence-electron chi connectivity index (χ4n) is 2.13. The summed E-state index contributed by atoms with van der Waals surface area (Å²) in [6.07, 6.45) is 1.31. The molecule has 3 rings (SSSR count). The maximum Gasteiger partial charge on any atom is 0.267 e. The third-order valence-electron chi connectivity index (χ3n) is 3.08. The molecule has 25 heavy (non-hydrogen) atoms. The number of aromatic nitrogens is 5. The molecule has 0 radical (unpaired) electrons. The summed E-state index contributed by atoms with van der Waals surface area (Å²) in [6, 6.07) is 6.21. The second kappa shape index (κ2) is 6.58. The first-order valence-electron chi connectivity index (χ1n) is 6.97. The molecule has 8 nitrogen and oxygen atoms in total. The lowest BCUT2D eigenvalue weighted by molar-refractivity contribution is 0.601. The van der Waals surface area contributed by atoms with Gasteiger partial charge >= 0.3 is 0 Å². The molecule has 1 N–H and O–H groups in total. The number of benzene rings is 1. The van der Waals surface area contributed by atoms with Crippen LogP contribution in [0.2, 0.25) is 10.0 Å². The molecular weight excluding hydrogens is 387 g/mol. The van der Waals surface area contributed by atoms with Crippen molar-refractivity contribution in [2.24, 2.45) is 0 Å². The van der Waals surface area contributed by atoms with Gasteiger partial charge in [0.2, 0.25) is 0 Å². The maximum absolute atomic E-state index is 12.5. The molecule has 1 aromatic carbocycles. The summed E-state index contributed by atoms with van der Waals surface area (Å²) < 4.78 is 28.5. The van der Waals surface area contributed by atoms with Gasteiger partial charge in [0.25, 0.3) is 21.9 Å². The van der Waals surface area contributed by atoms with Crippen LogP contribution in [-0.2, 0) is 10.0 Å². The number of hydrogen-bond acceptors (Lipinski definition) is 6. The van der Waals surface area contributed by atoms with E-state index in [0.29, 0.717) is 0 Å². The molecule has 0 aliphatic rings. The average Bonchev–Trinajstić information content (AvgIpc) is 2.93. The number of sulfonamides is 1. The highest BCUT2D eigenvalue weighted by Gasteiger charge is 2.23. The van der Waals surface area contributed by atoms with Crippen molar-refractivity contribution in [2.75, 3.05) is 4.72 Å². The third kappa shape index (κ3) is 3.73. The molecule has 0 saturated carbocycles. The van der Waals surface area contributed by atoms with Crippen LogP contribution < -0.4 is 4.72 Å². The molecule has 11 heteroatoms. The molecule has 0 amide bonds. The Labute approximate surface area is 153 Å². The summed E-state index contributed by atoms with van der Waals surface area (Å²) in [5.41, 5.74) is 1.51. The summed E-state index contributed by atoms with van der Waals surface area (Å²) in [4.78, 5) is 12.1. The number of aryl methyl sites for hydroxylation is 2. The first kappa shape index (κ1) is 17.6. The molecule has 3 aromatic rings. The van der Waals surface area contributed by atoms with Crippen LogP contribution in [0.4, 0.5) is 5.95 Å². The Morgan fingerprint density at radius 1 is 1.08 bits per heavy atom. The van der Waals surface area contributed by atoms with E-state index < -0.39 is 10.0 Å². The van der Waals surface area contributed by atoms with Crippen LogP contribution in [-0.4, -0.2) is 33.2 Å². The van der Waals surface area contributed by atoms with Gasteiger partial charge in [0.1, 0.15) is 11.2 Å². The number of anilines is 1. The summed E-state index contributed by atoms with van der Waals surface area (Å²) in [5, 5.41) is 4.03. The van der Waals surface area contributed by atoms with Gasteiger partial charge in [0, 0.05) is 11.4 Å². The number of rotatable bonds is 4. The number of hydrogen-bond donors (Lipinski definition) is 1. The molecule has 2 heterocycles. The van der Waals surface area contributed by atoms with Gasteiger partial charge in [-0.25, -0.2) is 23.1 Å². The van der Waals surface area contributed by atoms with Gasteiger partial charge in [-0.15, -0.1) is 5.10 Å². The van der Waals surface area contributed by atoms with Gasteiger partial charge < -0.3 is 0 Å². The van der Waals surface area contributed by atoms with Crippen molar-refractivity contribution >= 4 is 39.2 Å². The SMILES string of the molecule is Cc1cc(C)nc(-n2cnc(NS(=O)(=O)c3c(Cl)cccc3Cl)n2)n1. The molecule has 0 spiro atoms. The monoisotopic (exact) mass is 398 g/mol. The Morgan fingerprint density at radius 3 is 2.28 bits per heavy atom. The Balaban J connectivity index is 1.93. The smallest absolute Gasteiger partial charge is 0.246 e. The van der Waals surface area contributed by atoms with E-state index in [1.165, 1.54) is 23.1 Å². The Kier molecular flexibility index (Phi) is 4.63. The predicted molar refractivity (Wildman–Crippen MR) is 93.7 cm³/mol. The number of halogens is 2. The van der Waals surface area contributed by atoms with Gasteiger partial charge in [-0.3, -0.25) is 0 Å². The number of nitrogens with one attached hydrogen (secondary N) is 1. The molecule has 0 unspecified atom stereocenters. The predicted octanol–water partition coefficient (Wildman–Crippen LogP) is 2.78. The highest BCUT2D eigenvalue weighted by molar-refractivity contribution is 7.93. The van der Waals surface area contributed by atoms with Gasteiger partial charge in [0.15, 0.2) is 0 Å². The third-order valence-corrected chi connectivity index (χ3v) is 5.36. The Morgan fingerprint density at radius 2 is 1.68 bits per heavy atom. The number of nitrogens with zero attached hydrogens (tertiary/aromatic N) is 5. The summed E-state index contributed by atoms with van der Waals surface area (Å²) in [7, 11) is -4.05. The van der Waals surface area contributed by atoms with Crippen molar-refractivity contribution in [1.29, 1.82) is 0 Å². The molecule has 0 saturated heterocycles. The standard InChI is InChI=1S/C14H12Cl2N6O2S/c1-8-6-9(2)19-14(18-8)22-7-17-13(20-22)21-25(23,24)12-10(15)4-3-5-11(12)16/h3-7H,1-2H3,(H,20,21). The first-order valence-corrected chi connectivity index (χ1v) is 9.21. The minimum Gasteiger partial charge on any atom is -0.246 e. The van der Waals surface area contributed by atoms with E-state index in [0.717, 1.165) is 11.4 Å². The van der Waals surface area contributed by atoms with Crippen molar-refractivity contribution < 1.29 is 8.42 Å². The minimum absolute atomic E-state index is 0.00271. The highest BCUT2D eigenvalue weighted by Crippen LogP contribution is 2.29. The van der Waals surface area contributed by atoms with Gasteiger partial charge in [-0.1, -0.05) is 29.3 Å². The second-order valence-corrected chi connectivity index (χ2v) is 7.55. The van der Waals surface area contributed by atoms with Crippen LogP contribution in [0.1, 0.15) is 11.4 Å². The van der Waals surface area contributed by atoms with Crippen molar-refractivity contribution in [3.8, 4) is 5.95 Å². The van der Waals surface area contributed by atoms with E-state index in [4.69, 9.17) is 23.2 Å². The molecule has 0 atom stereocenters. The molecule has 0 bridgehead atoms. The molecule has 0 fully saturated rings. The lowest BCUT2D eigenvalue weighted by atomic mass is 10.4. The zero-order valence-electron chi connectivity index (χ0n) is 13.1. The Hall–Kier alpha value is -2.23. The lowest BCUT2D eigenvalue weighted by Crippen LogP contribution is -2.15. The van der Waals surface area contributed by atoms with Gasteiger partial charge in [-0.05, 0) is 32.0 Å². The van der Waals surface area contributed by atoms with Crippen LogP contribution in [0.15, 0.2) is 35.5 Å². The van der Waals surface area contributed by atoms with Crippen LogP contribution in [0.3, 0.4) is 0 Å². The fourth-order valence-corrected chi connectivity index (χ4v) is 4.22. The second-order valence-electron chi connectivity index (χ2n) is 5.12. The van der Waals surface area contributed by atoms with E-state index in [1.54, 1.807) is 6.07 Å². The largest absolute Gasteiger partial charge is 0.267 e. The quantitative estimate of drug-likeness (QED) is 0.724. The van der Waals surface area contributed by atoms with Crippen LogP contribution in [0, 0.1) is 13.8 Å². The van der Waals surface area contributed by atoms with E-state index >= 15 is 0 Å². The molecular formula is C14H12Cl2N6O2S. The van der Waals surface area contributed by atoms with Crippen LogP contribution >= 0.6 is 23.2 Å². The van der Waals surface area contributed by atoms with Crippen molar-refractivity contribution in [1.82, 2.24) is 24.7 Å². The highest BCUT2D eigenvalue weighted by atomic mass is 35.5. The van der Waals surface area contributed by atoms with Gasteiger partial charge in [-0.2, -0.15) is 9.67 Å². The zero-order chi connectivity index (χ0) is 18.2. The van der Waals surface area contributed by atoms with E-state index in [2.05, 4.69) is 24.8 Å². The lowest BCUT2D eigenvalue weighted by Gasteiger charge is -2.08. The molecule has 130 valence electrons. The van der Waals surface area contributed by atoms with Crippen LogP contribution in [0.5, 0.6) is 0 Å². The fraction of sp³-hybridized carbons (Fsp3) is 0.143. The van der Waals surface area contributed by atoms with E-state index in [1.807, 2.05) is 19.9 Å². The minimum atomic E-state index is -4.05. The first-order chi connectivity index (χ1) is 11.8. The zero-order valence-corrected chi connectivity index (χ0v) is 15.4.